The molecule has 2 heterocycles. The van der Waals surface area contributed by atoms with Crippen molar-refractivity contribution >= 4 is 5.91 Å². The summed E-state index contributed by atoms with van der Waals surface area (Å²) in [4.78, 5) is 14.4. The summed E-state index contributed by atoms with van der Waals surface area (Å²) in [6.45, 7) is 5.56. The summed E-state index contributed by atoms with van der Waals surface area (Å²) in [5.41, 5.74) is 2.35. The zero-order valence-corrected chi connectivity index (χ0v) is 14.8. The van der Waals surface area contributed by atoms with Gasteiger partial charge in [0.15, 0.2) is 11.5 Å². The number of nitrogens with zero attached hydrogens (tertiary/aromatic N) is 1. The van der Waals surface area contributed by atoms with Gasteiger partial charge in [-0.1, -0.05) is 13.8 Å². The molecule has 0 radical (unpaired) electrons. The van der Waals surface area contributed by atoms with Crippen molar-refractivity contribution in [3.63, 3.8) is 0 Å². The number of rotatable bonds is 5. The molecule has 0 fully saturated rings. The standard InChI is InChI=1S/C19H25NO4/c1-12(2)11-24-14-8-16-15-10-18(23-4)17(22-3)7-13(15)5-6-20(16)19(21)9-14/h7,9-10,12,16H,5-6,8,11H2,1-4H3. The molecule has 0 aliphatic carbocycles. The van der Waals surface area contributed by atoms with Gasteiger partial charge in [-0.3, -0.25) is 4.79 Å². The molecule has 1 atom stereocenters. The molecule has 130 valence electrons. The molecule has 1 unspecified atom stereocenters. The first kappa shape index (κ1) is 16.7. The molecule has 3 rings (SSSR count). The average Bonchev–Trinajstić information content (AvgIpc) is 2.58. The number of carbonyl (C=O) groups is 1. The molecule has 2 aliphatic heterocycles. The van der Waals surface area contributed by atoms with Crippen molar-refractivity contribution in [2.75, 3.05) is 27.4 Å². The summed E-state index contributed by atoms with van der Waals surface area (Å²) < 4.78 is 16.7. The Morgan fingerprint density at radius 1 is 1.21 bits per heavy atom. The predicted molar refractivity (Wildman–Crippen MR) is 91.2 cm³/mol. The average molecular weight is 331 g/mol. The largest absolute Gasteiger partial charge is 0.497 e. The minimum absolute atomic E-state index is 0.00761. The van der Waals surface area contributed by atoms with Crippen molar-refractivity contribution in [1.29, 1.82) is 0 Å². The number of fused-ring (bicyclic) bond motifs is 3. The SMILES string of the molecule is COc1cc2c(cc1OC)C1CC(OCC(C)C)=CC(=O)N1CC2. The van der Waals surface area contributed by atoms with E-state index in [0.717, 1.165) is 30.0 Å². The Morgan fingerprint density at radius 3 is 2.58 bits per heavy atom. The van der Waals surface area contributed by atoms with Gasteiger partial charge >= 0.3 is 0 Å². The number of benzene rings is 1. The molecule has 24 heavy (non-hydrogen) atoms. The van der Waals surface area contributed by atoms with Crippen molar-refractivity contribution in [2.45, 2.75) is 32.7 Å². The maximum atomic E-state index is 12.5. The fourth-order valence-corrected chi connectivity index (χ4v) is 3.36. The Bertz CT molecular complexity index is 666. The van der Waals surface area contributed by atoms with Gasteiger partial charge < -0.3 is 19.1 Å². The van der Waals surface area contributed by atoms with Crippen LogP contribution in [-0.2, 0) is 16.0 Å². The third-order valence-corrected chi connectivity index (χ3v) is 4.57. The number of methoxy groups -OCH3 is 2. The van der Waals surface area contributed by atoms with E-state index in [4.69, 9.17) is 14.2 Å². The van der Waals surface area contributed by atoms with Crippen LogP contribution in [0, 0.1) is 5.92 Å². The van der Waals surface area contributed by atoms with E-state index in [-0.39, 0.29) is 11.9 Å². The van der Waals surface area contributed by atoms with Crippen LogP contribution in [0.5, 0.6) is 11.5 Å². The minimum atomic E-state index is 0.00761. The Kier molecular flexibility index (Phi) is 4.69. The molecule has 0 bridgehead atoms. The normalized spacial score (nSPS) is 19.5. The number of ether oxygens (including phenoxy) is 3. The quantitative estimate of drug-likeness (QED) is 0.832. The van der Waals surface area contributed by atoms with Crippen LogP contribution >= 0.6 is 0 Å². The van der Waals surface area contributed by atoms with Crippen LogP contribution < -0.4 is 9.47 Å². The highest BCUT2D eigenvalue weighted by molar-refractivity contribution is 5.89. The van der Waals surface area contributed by atoms with Gasteiger partial charge in [-0.25, -0.2) is 0 Å². The Morgan fingerprint density at radius 2 is 1.92 bits per heavy atom. The van der Waals surface area contributed by atoms with Crippen LogP contribution in [0.1, 0.15) is 37.4 Å². The van der Waals surface area contributed by atoms with E-state index in [1.807, 2.05) is 17.0 Å². The molecule has 0 N–H and O–H groups in total. The van der Waals surface area contributed by atoms with Gasteiger partial charge in [0.2, 0.25) is 5.91 Å². The Hall–Kier alpha value is -2.17. The predicted octanol–water partition coefficient (Wildman–Crippen LogP) is 3.09. The Labute approximate surface area is 143 Å². The Balaban J connectivity index is 1.92. The van der Waals surface area contributed by atoms with Crippen LogP contribution in [0.15, 0.2) is 24.0 Å². The van der Waals surface area contributed by atoms with Crippen LogP contribution in [0.3, 0.4) is 0 Å². The van der Waals surface area contributed by atoms with Gasteiger partial charge in [-0.2, -0.15) is 0 Å². The smallest absolute Gasteiger partial charge is 0.250 e. The molecule has 0 aromatic heterocycles. The topological polar surface area (TPSA) is 48.0 Å². The molecular formula is C19H25NO4. The molecule has 0 saturated heterocycles. The molecule has 5 heteroatoms. The van der Waals surface area contributed by atoms with Crippen molar-refractivity contribution in [1.82, 2.24) is 4.90 Å². The highest BCUT2D eigenvalue weighted by atomic mass is 16.5. The van der Waals surface area contributed by atoms with E-state index < -0.39 is 0 Å². The van der Waals surface area contributed by atoms with Gasteiger partial charge in [0.1, 0.15) is 5.76 Å². The summed E-state index contributed by atoms with van der Waals surface area (Å²) in [5, 5.41) is 0. The van der Waals surface area contributed by atoms with Crippen LogP contribution in [0.2, 0.25) is 0 Å². The first-order chi connectivity index (χ1) is 11.5. The second kappa shape index (κ2) is 6.75. The van der Waals surface area contributed by atoms with Gasteiger partial charge in [0.05, 0.1) is 26.9 Å². The highest BCUT2D eigenvalue weighted by Crippen LogP contribution is 2.42. The maximum Gasteiger partial charge on any atom is 0.250 e. The first-order valence-corrected chi connectivity index (χ1v) is 8.42. The fraction of sp³-hybridized carbons (Fsp3) is 0.526. The molecule has 1 aromatic rings. The summed E-state index contributed by atoms with van der Waals surface area (Å²) in [6, 6.07) is 4.04. The second-order valence-electron chi connectivity index (χ2n) is 6.72. The van der Waals surface area contributed by atoms with Crippen LogP contribution in [0.4, 0.5) is 0 Å². The molecule has 1 aromatic carbocycles. The lowest BCUT2D eigenvalue weighted by Crippen LogP contribution is -2.42. The summed E-state index contributed by atoms with van der Waals surface area (Å²) >= 11 is 0. The van der Waals surface area contributed by atoms with Gasteiger partial charge in [0, 0.05) is 19.0 Å². The zero-order valence-electron chi connectivity index (χ0n) is 14.8. The maximum absolute atomic E-state index is 12.5. The molecule has 0 saturated carbocycles. The first-order valence-electron chi connectivity index (χ1n) is 8.42. The van der Waals surface area contributed by atoms with Crippen molar-refractivity contribution in [2.24, 2.45) is 5.92 Å². The summed E-state index contributed by atoms with van der Waals surface area (Å²) in [5.74, 6) is 2.67. The molecular weight excluding hydrogens is 306 g/mol. The van der Waals surface area contributed by atoms with E-state index in [1.54, 1.807) is 20.3 Å². The monoisotopic (exact) mass is 331 g/mol. The van der Waals surface area contributed by atoms with Gasteiger partial charge in [-0.15, -0.1) is 0 Å². The lowest BCUT2D eigenvalue weighted by molar-refractivity contribution is -0.130. The molecule has 2 aliphatic rings. The van der Waals surface area contributed by atoms with Crippen molar-refractivity contribution in [3.8, 4) is 11.5 Å². The zero-order chi connectivity index (χ0) is 17.3. The summed E-state index contributed by atoms with van der Waals surface area (Å²) in [7, 11) is 3.28. The lowest BCUT2D eigenvalue weighted by Gasteiger charge is -2.40. The van der Waals surface area contributed by atoms with Gasteiger partial charge in [-0.05, 0) is 35.6 Å². The highest BCUT2D eigenvalue weighted by Gasteiger charge is 2.35. The van der Waals surface area contributed by atoms with Crippen molar-refractivity contribution < 1.29 is 19.0 Å². The molecule has 0 spiro atoms. The molecule has 1 amide bonds. The second-order valence-corrected chi connectivity index (χ2v) is 6.72. The van der Waals surface area contributed by atoms with Gasteiger partial charge in [0.25, 0.3) is 0 Å². The number of carbonyl (C=O) groups excluding carboxylic acids is 1. The van der Waals surface area contributed by atoms with E-state index >= 15 is 0 Å². The third kappa shape index (κ3) is 3.07. The van der Waals surface area contributed by atoms with E-state index in [2.05, 4.69) is 13.8 Å². The minimum Gasteiger partial charge on any atom is -0.497 e. The van der Waals surface area contributed by atoms with E-state index in [9.17, 15) is 4.79 Å². The number of amides is 1. The van der Waals surface area contributed by atoms with E-state index in [0.29, 0.717) is 24.7 Å². The lowest BCUT2D eigenvalue weighted by atomic mass is 9.87. The van der Waals surface area contributed by atoms with Crippen LogP contribution in [0.25, 0.3) is 0 Å². The number of hydrogen-bond acceptors (Lipinski definition) is 4. The van der Waals surface area contributed by atoms with Crippen LogP contribution in [-0.4, -0.2) is 38.2 Å². The van der Waals surface area contributed by atoms with Crippen molar-refractivity contribution in [3.05, 3.63) is 35.1 Å². The molecule has 5 nitrogen and oxygen atoms in total. The number of hydrogen-bond donors (Lipinski definition) is 0. The summed E-state index contributed by atoms with van der Waals surface area (Å²) in [6.07, 6.45) is 3.18. The van der Waals surface area contributed by atoms with E-state index in [1.165, 1.54) is 5.56 Å². The third-order valence-electron chi connectivity index (χ3n) is 4.57. The fourth-order valence-electron chi connectivity index (χ4n) is 3.36.